The van der Waals surface area contributed by atoms with E-state index in [1.165, 1.54) is 12.0 Å². The van der Waals surface area contributed by atoms with E-state index < -0.39 is 65.4 Å². The fourth-order valence-electron chi connectivity index (χ4n) is 10.4. The first-order chi connectivity index (χ1) is 32.7. The average molecular weight is 983 g/mol. The highest BCUT2D eigenvalue weighted by atomic mass is 32.1. The molecule has 10 atom stereocenters. The molecular weight excluding hydrogens is 901 g/mol. The van der Waals surface area contributed by atoms with Gasteiger partial charge in [0.25, 0.3) is 0 Å². The summed E-state index contributed by atoms with van der Waals surface area (Å²) in [6.45, 7) is 15.0. The number of likely N-dealkylation sites (tertiary alicyclic amines) is 2. The zero-order valence-electron chi connectivity index (χ0n) is 43.0. The standard InChI is InChI=1S/C51H82N8O9S/c1-12-32(6)45(57(9)51(66)43(30(2)3)55-49(64)44(31(4)5)56(8)23-17-13-14-18-24-59-42(61)28-40(69)50(59)65)39(67-10)27-41(60)58-25-19-22-38(58)46(68-11)33(7)48(63)54-37(47(52)62)26-34-29-53-36-21-16-15-20-35(34)36/h15-16,20-21,29-33,37-40,43-46,53,69H,12-14,17-19,22-28H2,1-11H3,(H2,52,62)(H,54,63)(H,55,64)/t32-,33+,37-,38-,39+,40?,43-,44-,45-,46+/m0/s1. The normalized spacial score (nSPS) is 20.0. The summed E-state index contributed by atoms with van der Waals surface area (Å²) < 4.78 is 12.1. The molecule has 0 spiro atoms. The van der Waals surface area contributed by atoms with Crippen LogP contribution in [0.5, 0.6) is 0 Å². The predicted octanol–water partition coefficient (Wildman–Crippen LogP) is 4.32. The summed E-state index contributed by atoms with van der Waals surface area (Å²) in [4.78, 5) is 104. The van der Waals surface area contributed by atoms with Crippen LogP contribution in [0.3, 0.4) is 0 Å². The molecule has 0 radical (unpaired) electrons. The Balaban J connectivity index is 1.40. The highest BCUT2D eigenvalue weighted by Crippen LogP contribution is 2.30. The minimum absolute atomic E-state index is 0.0332. The summed E-state index contributed by atoms with van der Waals surface area (Å²) in [7, 11) is 6.69. The number of carbonyl (C=O) groups is 7. The number of unbranched alkanes of at least 4 members (excludes halogenated alkanes) is 3. The lowest BCUT2D eigenvalue weighted by molar-refractivity contribution is -0.148. The lowest BCUT2D eigenvalue weighted by Gasteiger charge is -2.41. The summed E-state index contributed by atoms with van der Waals surface area (Å²) in [6, 6.07) is 4.42. The van der Waals surface area contributed by atoms with Crippen molar-refractivity contribution < 1.29 is 43.0 Å². The summed E-state index contributed by atoms with van der Waals surface area (Å²) in [5, 5.41) is 6.35. The van der Waals surface area contributed by atoms with Crippen molar-refractivity contribution in [3.05, 3.63) is 36.0 Å². The van der Waals surface area contributed by atoms with Crippen molar-refractivity contribution in [3.8, 4) is 0 Å². The molecular formula is C51H82N8O9S. The molecule has 2 saturated heterocycles. The first-order valence-corrected chi connectivity index (χ1v) is 25.5. The van der Waals surface area contributed by atoms with Crippen molar-refractivity contribution in [3.63, 3.8) is 0 Å². The van der Waals surface area contributed by atoms with E-state index in [4.69, 9.17) is 15.2 Å². The molecule has 18 heteroatoms. The van der Waals surface area contributed by atoms with E-state index in [0.29, 0.717) is 45.3 Å². The van der Waals surface area contributed by atoms with E-state index in [2.05, 4.69) is 28.2 Å². The van der Waals surface area contributed by atoms with Crippen LogP contribution in [0.25, 0.3) is 10.9 Å². The molecule has 7 amide bonds. The second-order valence-corrected chi connectivity index (χ2v) is 20.7. The Bertz CT molecular complexity index is 2060. The maximum atomic E-state index is 14.6. The molecule has 0 saturated carbocycles. The van der Waals surface area contributed by atoms with Crippen LogP contribution in [-0.4, -0.2) is 162 Å². The second kappa shape index (κ2) is 26.6. The van der Waals surface area contributed by atoms with Crippen LogP contribution in [0.15, 0.2) is 30.5 Å². The number of aromatic amines is 1. The van der Waals surface area contributed by atoms with Gasteiger partial charge < -0.3 is 40.6 Å². The number of para-hydroxylation sites is 1. The zero-order valence-corrected chi connectivity index (χ0v) is 43.9. The van der Waals surface area contributed by atoms with Crippen molar-refractivity contribution in [2.24, 2.45) is 29.4 Å². The molecule has 386 valence electrons. The monoisotopic (exact) mass is 983 g/mol. The summed E-state index contributed by atoms with van der Waals surface area (Å²) in [5.41, 5.74) is 7.56. The Kier molecular flexibility index (Phi) is 22.0. The van der Waals surface area contributed by atoms with Crippen molar-refractivity contribution in [1.82, 2.24) is 35.2 Å². The van der Waals surface area contributed by atoms with Gasteiger partial charge in [0.1, 0.15) is 12.1 Å². The Morgan fingerprint density at radius 2 is 1.61 bits per heavy atom. The molecule has 1 aromatic carbocycles. The van der Waals surface area contributed by atoms with E-state index in [0.717, 1.165) is 35.7 Å². The van der Waals surface area contributed by atoms with Crippen LogP contribution in [-0.2, 0) is 49.5 Å². The van der Waals surface area contributed by atoms with Gasteiger partial charge in [0.15, 0.2) is 0 Å². The van der Waals surface area contributed by atoms with Gasteiger partial charge in [-0.2, -0.15) is 12.6 Å². The molecule has 0 bridgehead atoms. The van der Waals surface area contributed by atoms with Gasteiger partial charge in [-0.15, -0.1) is 0 Å². The van der Waals surface area contributed by atoms with E-state index in [1.54, 1.807) is 30.9 Å². The van der Waals surface area contributed by atoms with E-state index in [9.17, 15) is 33.6 Å². The Hall–Kier alpha value is -4.52. The van der Waals surface area contributed by atoms with Gasteiger partial charge in [0, 0.05) is 64.3 Å². The minimum atomic E-state index is -0.969. The maximum Gasteiger partial charge on any atom is 0.245 e. The first-order valence-electron chi connectivity index (χ1n) is 25.0. The van der Waals surface area contributed by atoms with Crippen LogP contribution < -0.4 is 16.4 Å². The van der Waals surface area contributed by atoms with Gasteiger partial charge in [-0.25, -0.2) is 0 Å². The fraction of sp³-hybridized carbons (Fsp3) is 0.706. The number of methoxy groups -OCH3 is 2. The third kappa shape index (κ3) is 14.5. The largest absolute Gasteiger partial charge is 0.379 e. The van der Waals surface area contributed by atoms with Crippen LogP contribution in [0, 0.1) is 23.7 Å². The molecule has 5 N–H and O–H groups in total. The number of ether oxygens (including phenoxy) is 2. The lowest BCUT2D eigenvalue weighted by Crippen LogP contribution is -2.60. The molecule has 2 aliphatic heterocycles. The van der Waals surface area contributed by atoms with Crippen LogP contribution in [0.2, 0.25) is 0 Å². The van der Waals surface area contributed by atoms with Crippen molar-refractivity contribution in [2.75, 3.05) is 47.9 Å². The molecule has 2 aliphatic rings. The number of rotatable bonds is 28. The number of carbonyl (C=O) groups excluding carboxylic acids is 7. The molecule has 1 unspecified atom stereocenters. The Morgan fingerprint density at radius 3 is 2.20 bits per heavy atom. The maximum absolute atomic E-state index is 14.6. The van der Waals surface area contributed by atoms with Crippen LogP contribution in [0.1, 0.15) is 112 Å². The number of H-pyrrole nitrogens is 1. The van der Waals surface area contributed by atoms with E-state index in [-0.39, 0.29) is 66.6 Å². The molecule has 2 fully saturated rings. The number of aromatic nitrogens is 1. The smallest absolute Gasteiger partial charge is 0.245 e. The second-order valence-electron chi connectivity index (χ2n) is 20.0. The van der Waals surface area contributed by atoms with Crippen molar-refractivity contribution >= 4 is 64.9 Å². The van der Waals surface area contributed by atoms with Gasteiger partial charge >= 0.3 is 0 Å². The predicted molar refractivity (Wildman–Crippen MR) is 270 cm³/mol. The fourth-order valence-corrected chi connectivity index (χ4v) is 10.7. The molecule has 17 nitrogen and oxygen atoms in total. The molecule has 1 aromatic heterocycles. The average Bonchev–Trinajstić information content (AvgIpc) is 4.02. The number of nitrogens with two attached hydrogens (primary N) is 1. The number of hydrogen-bond donors (Lipinski definition) is 5. The van der Waals surface area contributed by atoms with Crippen molar-refractivity contribution in [2.45, 2.75) is 160 Å². The number of nitrogens with zero attached hydrogens (tertiary/aromatic N) is 4. The number of likely N-dealkylation sites (N-methyl/N-ethyl adjacent to an activating group) is 2. The van der Waals surface area contributed by atoms with Gasteiger partial charge in [0.2, 0.25) is 41.4 Å². The third-order valence-electron chi connectivity index (χ3n) is 14.5. The Morgan fingerprint density at radius 1 is 0.928 bits per heavy atom. The number of nitrogens with one attached hydrogen (secondary N) is 3. The van der Waals surface area contributed by atoms with Gasteiger partial charge in [0.05, 0.1) is 47.9 Å². The Labute approximate surface area is 415 Å². The number of amides is 7. The number of imide groups is 1. The minimum Gasteiger partial charge on any atom is -0.379 e. The van der Waals surface area contributed by atoms with E-state index >= 15 is 0 Å². The van der Waals surface area contributed by atoms with Crippen LogP contribution in [0.4, 0.5) is 0 Å². The lowest BCUT2D eigenvalue weighted by atomic mass is 9.89. The first kappa shape index (κ1) is 57.1. The molecule has 3 heterocycles. The number of benzene rings is 1. The summed E-state index contributed by atoms with van der Waals surface area (Å²) in [6.07, 6.45) is 5.96. The SMILES string of the molecule is CC[C@H](C)[C@@H]([C@@H](CC(=O)N1CCC[C@H]1[C@H](OC)[C@@H](C)C(=O)N[C@@H](Cc1c[nH]c2ccccc12)C(N)=O)OC)N(C)C(=O)[C@@H](NC(=O)[C@H](C(C)C)N(C)CCCCCCN1C(=O)CC(S)C1=O)C(C)C. The molecule has 4 rings (SSSR count). The van der Waals surface area contributed by atoms with Crippen molar-refractivity contribution in [1.29, 1.82) is 0 Å². The quantitative estimate of drug-likeness (QED) is 0.0463. The van der Waals surface area contributed by atoms with Gasteiger partial charge in [-0.05, 0) is 68.7 Å². The molecule has 0 aliphatic carbocycles. The van der Waals surface area contributed by atoms with Gasteiger partial charge in [-0.1, -0.05) is 85.9 Å². The number of fused-ring (bicyclic) bond motifs is 1. The third-order valence-corrected chi connectivity index (χ3v) is 14.9. The van der Waals surface area contributed by atoms with Crippen LogP contribution >= 0.6 is 12.6 Å². The summed E-state index contributed by atoms with van der Waals surface area (Å²) >= 11 is 4.20. The number of primary amides is 1. The molecule has 2 aromatic rings. The highest BCUT2D eigenvalue weighted by molar-refractivity contribution is 7.81. The highest BCUT2D eigenvalue weighted by Gasteiger charge is 2.44. The zero-order chi connectivity index (χ0) is 51.3. The number of thiol groups is 1. The van der Waals surface area contributed by atoms with E-state index in [1.807, 2.05) is 84.0 Å². The topological polar surface area (TPSA) is 217 Å². The van der Waals surface area contributed by atoms with Gasteiger partial charge in [-0.3, -0.25) is 43.4 Å². The molecule has 69 heavy (non-hydrogen) atoms. The summed E-state index contributed by atoms with van der Waals surface area (Å²) in [5.74, 6) is -3.32. The number of hydrogen-bond acceptors (Lipinski definition) is 11.